The van der Waals surface area contributed by atoms with Crippen molar-refractivity contribution in [1.29, 1.82) is 0 Å². The highest BCUT2D eigenvalue weighted by molar-refractivity contribution is 5.98. The van der Waals surface area contributed by atoms with Gasteiger partial charge in [-0.2, -0.15) is 5.10 Å². The number of aromatic nitrogens is 2. The minimum absolute atomic E-state index is 0.239. The molecule has 26 heavy (non-hydrogen) atoms. The zero-order valence-electron chi connectivity index (χ0n) is 14.7. The maximum Gasteiger partial charge on any atom is 0.254 e. The highest BCUT2D eigenvalue weighted by atomic mass is 16.5. The number of hydrogen-bond acceptors (Lipinski definition) is 5. The molecular formula is C18H21N5O3. The van der Waals surface area contributed by atoms with E-state index >= 15 is 0 Å². The average Bonchev–Trinajstić information content (AvgIpc) is 3.07. The van der Waals surface area contributed by atoms with Gasteiger partial charge in [-0.3, -0.25) is 9.48 Å². The fourth-order valence-corrected chi connectivity index (χ4v) is 2.98. The molecule has 1 aliphatic heterocycles. The van der Waals surface area contributed by atoms with Crippen LogP contribution < -0.4 is 15.8 Å². The molecule has 2 aromatic rings. The zero-order valence-corrected chi connectivity index (χ0v) is 14.7. The lowest BCUT2D eigenvalue weighted by Crippen LogP contribution is -2.32. The van der Waals surface area contributed by atoms with E-state index < -0.39 is 5.91 Å². The summed E-state index contributed by atoms with van der Waals surface area (Å²) in [5, 5.41) is 7.58. The lowest BCUT2D eigenvalue weighted by atomic mass is 10.1. The number of hydrogen-bond donors (Lipinski definition) is 2. The second-order valence-corrected chi connectivity index (χ2v) is 6.17. The van der Waals surface area contributed by atoms with Gasteiger partial charge < -0.3 is 25.4 Å². The fourth-order valence-electron chi connectivity index (χ4n) is 2.98. The van der Waals surface area contributed by atoms with E-state index in [-0.39, 0.29) is 17.6 Å². The number of carbonyl (C=O) groups is 1. The predicted molar refractivity (Wildman–Crippen MR) is 96.6 cm³/mol. The highest BCUT2D eigenvalue weighted by Gasteiger charge is 2.33. The molecule has 8 nitrogen and oxygen atoms in total. The summed E-state index contributed by atoms with van der Waals surface area (Å²) in [6.45, 7) is 10.3. The number of amides is 1. The van der Waals surface area contributed by atoms with Gasteiger partial charge in [-0.25, -0.2) is 6.57 Å². The summed E-state index contributed by atoms with van der Waals surface area (Å²) >= 11 is 0. The Balaban J connectivity index is 1.93. The van der Waals surface area contributed by atoms with Crippen LogP contribution in [0.25, 0.3) is 4.85 Å². The lowest BCUT2D eigenvalue weighted by molar-refractivity contribution is 0.0506. The maximum absolute atomic E-state index is 11.8. The Morgan fingerprint density at radius 3 is 3.04 bits per heavy atom. The van der Waals surface area contributed by atoms with Crippen molar-refractivity contribution in [3.63, 3.8) is 0 Å². The molecule has 2 atom stereocenters. The van der Waals surface area contributed by atoms with Crippen LogP contribution in [0.15, 0.2) is 24.4 Å². The van der Waals surface area contributed by atoms with Crippen molar-refractivity contribution in [1.82, 2.24) is 9.78 Å². The van der Waals surface area contributed by atoms with Gasteiger partial charge in [0, 0.05) is 24.4 Å². The minimum Gasteiger partial charge on any atom is -0.496 e. The van der Waals surface area contributed by atoms with Crippen molar-refractivity contribution in [3.8, 4) is 5.75 Å². The summed E-state index contributed by atoms with van der Waals surface area (Å²) in [6, 6.07) is 5.11. The summed E-state index contributed by atoms with van der Waals surface area (Å²) in [6.07, 6.45) is 2.21. The maximum atomic E-state index is 11.8. The number of aryl methyl sites for hydroxylation is 1. The molecule has 0 spiro atoms. The molecule has 136 valence electrons. The van der Waals surface area contributed by atoms with Crippen LogP contribution in [0.4, 0.5) is 11.5 Å². The second-order valence-electron chi connectivity index (χ2n) is 6.17. The van der Waals surface area contributed by atoms with Crippen LogP contribution in [0.3, 0.4) is 0 Å². The van der Waals surface area contributed by atoms with Crippen LogP contribution in [0.1, 0.15) is 28.4 Å². The molecule has 0 bridgehead atoms. The van der Waals surface area contributed by atoms with Crippen molar-refractivity contribution in [2.75, 3.05) is 25.6 Å². The standard InChI is InChI=1S/C18H21N5O3/c1-11-4-5-12(8-16(11)25-3)21-18-13(17(19)24)9-23(22-18)15-10-26-7-6-14(15)20-2/h4-5,8-9,14-15H,6-7,10H2,1,3H3,(H2,19,24)(H,21,22)/t14-,15-/m0/s1. The largest absolute Gasteiger partial charge is 0.496 e. The van der Waals surface area contributed by atoms with Gasteiger partial charge in [0.1, 0.15) is 17.4 Å². The topological polar surface area (TPSA) is 95.8 Å². The monoisotopic (exact) mass is 355 g/mol. The quantitative estimate of drug-likeness (QED) is 0.802. The smallest absolute Gasteiger partial charge is 0.254 e. The zero-order chi connectivity index (χ0) is 18.7. The number of nitrogens with one attached hydrogen (secondary N) is 1. The predicted octanol–water partition coefficient (Wildman–Crippen LogP) is 2.29. The van der Waals surface area contributed by atoms with Gasteiger partial charge in [0.05, 0.1) is 20.3 Å². The molecular weight excluding hydrogens is 334 g/mol. The number of nitrogens with two attached hydrogens (primary N) is 1. The Hall–Kier alpha value is -3.05. The molecule has 2 heterocycles. The molecule has 1 fully saturated rings. The number of anilines is 2. The SMILES string of the molecule is [C-]#[N+][C@H]1CCOC[C@@H]1n1cc(C(N)=O)c(Nc2ccc(C)c(OC)c2)n1. The first-order valence-corrected chi connectivity index (χ1v) is 8.28. The summed E-state index contributed by atoms with van der Waals surface area (Å²) in [5.41, 5.74) is 7.49. The third-order valence-electron chi connectivity index (χ3n) is 4.46. The average molecular weight is 355 g/mol. The van der Waals surface area contributed by atoms with Gasteiger partial charge in [-0.05, 0) is 18.6 Å². The van der Waals surface area contributed by atoms with Gasteiger partial charge in [0.2, 0.25) is 6.04 Å². The number of nitrogens with zero attached hydrogens (tertiary/aromatic N) is 3. The number of methoxy groups -OCH3 is 1. The van der Waals surface area contributed by atoms with Gasteiger partial charge >= 0.3 is 0 Å². The van der Waals surface area contributed by atoms with Crippen LogP contribution in [-0.2, 0) is 4.74 Å². The third-order valence-corrected chi connectivity index (χ3v) is 4.46. The number of primary amides is 1. The van der Waals surface area contributed by atoms with Crippen molar-refractivity contribution in [3.05, 3.63) is 46.9 Å². The summed E-state index contributed by atoms with van der Waals surface area (Å²) in [4.78, 5) is 15.5. The molecule has 1 aromatic carbocycles. The molecule has 0 radical (unpaired) electrons. The van der Waals surface area contributed by atoms with E-state index in [0.29, 0.717) is 25.5 Å². The Kier molecular flexibility index (Phi) is 5.09. The molecule has 0 aliphatic carbocycles. The van der Waals surface area contributed by atoms with Crippen molar-refractivity contribution >= 4 is 17.4 Å². The number of ether oxygens (including phenoxy) is 2. The van der Waals surface area contributed by atoms with Crippen LogP contribution in [-0.4, -0.2) is 42.1 Å². The van der Waals surface area contributed by atoms with E-state index in [0.717, 1.165) is 17.0 Å². The molecule has 8 heteroatoms. The first-order valence-electron chi connectivity index (χ1n) is 8.28. The normalized spacial score (nSPS) is 19.6. The first kappa shape index (κ1) is 17.8. The minimum atomic E-state index is -0.589. The van der Waals surface area contributed by atoms with E-state index in [1.807, 2.05) is 25.1 Å². The molecule has 3 N–H and O–H groups in total. The number of carbonyl (C=O) groups excluding carboxylic acids is 1. The summed E-state index contributed by atoms with van der Waals surface area (Å²) in [7, 11) is 1.60. The van der Waals surface area contributed by atoms with E-state index in [2.05, 4.69) is 15.3 Å². The summed E-state index contributed by atoms with van der Waals surface area (Å²) < 4.78 is 12.4. The molecule has 0 saturated carbocycles. The van der Waals surface area contributed by atoms with Crippen molar-refractivity contribution in [2.24, 2.45) is 5.73 Å². The molecule has 1 aromatic heterocycles. The lowest BCUT2D eigenvalue weighted by Gasteiger charge is -2.23. The van der Waals surface area contributed by atoms with Gasteiger partial charge in [0.25, 0.3) is 5.91 Å². The van der Waals surface area contributed by atoms with E-state index in [4.69, 9.17) is 21.8 Å². The molecule has 1 saturated heterocycles. The Morgan fingerprint density at radius 1 is 1.54 bits per heavy atom. The van der Waals surface area contributed by atoms with Crippen molar-refractivity contribution in [2.45, 2.75) is 25.4 Å². The highest BCUT2D eigenvalue weighted by Crippen LogP contribution is 2.28. The van der Waals surface area contributed by atoms with Crippen LogP contribution in [0.5, 0.6) is 5.75 Å². The molecule has 1 aliphatic rings. The Labute approximate surface area is 151 Å². The summed E-state index contributed by atoms with van der Waals surface area (Å²) in [5.74, 6) is 0.482. The van der Waals surface area contributed by atoms with E-state index in [9.17, 15) is 4.79 Å². The van der Waals surface area contributed by atoms with Gasteiger partial charge in [-0.1, -0.05) is 6.07 Å². The second kappa shape index (κ2) is 7.45. The molecule has 3 rings (SSSR count). The first-order chi connectivity index (χ1) is 12.5. The molecule has 1 amide bonds. The Bertz CT molecular complexity index is 855. The number of benzene rings is 1. The van der Waals surface area contributed by atoms with E-state index in [1.54, 1.807) is 18.0 Å². The Morgan fingerprint density at radius 2 is 2.35 bits per heavy atom. The fraction of sp³-hybridized carbons (Fsp3) is 0.389. The van der Waals surface area contributed by atoms with Crippen LogP contribution in [0.2, 0.25) is 0 Å². The molecule has 0 unspecified atom stereocenters. The third kappa shape index (κ3) is 3.48. The van der Waals surface area contributed by atoms with Crippen molar-refractivity contribution < 1.29 is 14.3 Å². The van der Waals surface area contributed by atoms with Gasteiger partial charge in [0.15, 0.2) is 5.82 Å². The van der Waals surface area contributed by atoms with Crippen LogP contribution in [0, 0.1) is 13.5 Å². The van der Waals surface area contributed by atoms with Crippen LogP contribution >= 0.6 is 0 Å². The van der Waals surface area contributed by atoms with Gasteiger partial charge in [-0.15, -0.1) is 0 Å². The number of rotatable bonds is 5. The van der Waals surface area contributed by atoms with E-state index in [1.165, 1.54) is 0 Å².